The zero-order valence-electron chi connectivity index (χ0n) is 6.47. The Morgan fingerprint density at radius 2 is 1.00 bits per heavy atom. The Labute approximate surface area is 144 Å². The van der Waals surface area contributed by atoms with Gasteiger partial charge in [-0.05, 0) is 0 Å². The van der Waals surface area contributed by atoms with E-state index in [1.807, 2.05) is 0 Å². The van der Waals surface area contributed by atoms with E-state index >= 15 is 0 Å². The molecule has 8 nitrogen and oxygen atoms in total. The molecule has 0 saturated carbocycles. The van der Waals surface area contributed by atoms with E-state index < -0.39 is 18.1 Å². The van der Waals surface area contributed by atoms with Crippen LogP contribution in [0.25, 0.3) is 0 Å². The SMILES string of the molecule is C.C.C.C.C.O.O.O=S([O-])O[O-].O=[S](=O)=[Pb].[H+].[PbH2]. The van der Waals surface area contributed by atoms with Crippen LogP contribution in [0.3, 0.4) is 0 Å². The van der Waals surface area contributed by atoms with Crippen LogP contribution in [0.4, 0.5) is 0 Å². The van der Waals surface area contributed by atoms with Crippen LogP contribution in [0.15, 0.2) is 0 Å². The van der Waals surface area contributed by atoms with E-state index in [1.165, 1.54) is 0 Å². The van der Waals surface area contributed by atoms with Crippen molar-refractivity contribution in [1.29, 1.82) is 0 Å². The van der Waals surface area contributed by atoms with Gasteiger partial charge in [0.15, 0.2) is 0 Å². The van der Waals surface area contributed by atoms with Crippen LogP contribution >= 0.6 is 0 Å². The van der Waals surface area contributed by atoms with Crippen molar-refractivity contribution in [3.05, 3.63) is 0 Å². The third-order valence-corrected chi connectivity index (χ3v) is 0.167. The second kappa shape index (κ2) is 65.5. The van der Waals surface area contributed by atoms with Crippen molar-refractivity contribution in [3.63, 3.8) is 0 Å². The minimum atomic E-state index is -2.88. The zero-order chi connectivity index (χ0) is 7.86. The van der Waals surface area contributed by atoms with Crippen LogP contribution in [0.1, 0.15) is 38.6 Å². The summed E-state index contributed by atoms with van der Waals surface area (Å²) in [7, 11) is 0. The Balaban J connectivity index is -0.00000000406. The van der Waals surface area contributed by atoms with Crippen LogP contribution in [0.2, 0.25) is 0 Å². The van der Waals surface area contributed by atoms with Crippen molar-refractivity contribution in [3.8, 4) is 0 Å². The van der Waals surface area contributed by atoms with Crippen LogP contribution in [-0.4, -0.2) is 79.1 Å². The van der Waals surface area contributed by atoms with Gasteiger partial charge in [0, 0.05) is 0 Å². The summed E-state index contributed by atoms with van der Waals surface area (Å²) in [5.41, 5.74) is 0. The Morgan fingerprint density at radius 1 is 0.941 bits per heavy atom. The van der Waals surface area contributed by atoms with Crippen molar-refractivity contribution in [2.24, 2.45) is 0 Å². The second-order valence-corrected chi connectivity index (χ2v) is 5.41. The van der Waals surface area contributed by atoms with Gasteiger partial charge in [-0.2, -0.15) is 0 Å². The zero-order valence-corrected chi connectivity index (χ0v) is 16.5. The van der Waals surface area contributed by atoms with Crippen molar-refractivity contribution in [1.82, 2.24) is 0 Å². The standard InChI is InChI=1S/5CH4.H2O4S.O2S.2H2O.2Pb.2H/c;;;;;1-4-5(2)3;1-3-2;;;;;;/h5*1H4;1H,(H,2,3);;2*1H2;;;;/p-1. The van der Waals surface area contributed by atoms with Crippen LogP contribution in [0, 0.1) is 0 Å². The molecule has 0 fully saturated rings. The molecule has 17 heavy (non-hydrogen) atoms. The predicted octanol–water partition coefficient (Wildman–Crippen LogP) is -2.25. The van der Waals surface area contributed by atoms with E-state index in [2.05, 4.69) is 4.33 Å². The van der Waals surface area contributed by atoms with Gasteiger partial charge in [0.2, 0.25) is 0 Å². The van der Waals surface area contributed by atoms with Gasteiger partial charge in [-0.1, -0.05) is 37.1 Å². The van der Waals surface area contributed by atoms with E-state index in [-0.39, 0.29) is 100 Å². The maximum absolute atomic E-state index is 9.06. The molecular weight excluding hydrogens is 667 g/mol. The molecule has 4 radical (unpaired) electrons. The first-order chi connectivity index (χ1) is 4.00. The van der Waals surface area contributed by atoms with Crippen molar-refractivity contribution in [2.45, 2.75) is 37.1 Å². The Hall–Kier alpha value is 1.61. The van der Waals surface area contributed by atoms with Gasteiger partial charge in [-0.15, -0.1) is 0 Å². The molecule has 0 aromatic carbocycles. The van der Waals surface area contributed by atoms with Gasteiger partial charge < -0.3 is 25.1 Å². The molecule has 0 aliphatic heterocycles. The van der Waals surface area contributed by atoms with E-state index in [0.29, 0.717) is 0 Å². The molecular formula is C5H27O8Pb2S2-. The first-order valence-corrected chi connectivity index (χ1v) is 8.04. The van der Waals surface area contributed by atoms with Gasteiger partial charge in [0.25, 0.3) is 0 Å². The van der Waals surface area contributed by atoms with Crippen LogP contribution in [-0.2, 0) is 22.4 Å². The van der Waals surface area contributed by atoms with Crippen molar-refractivity contribution < 1.29 is 39.1 Å². The van der Waals surface area contributed by atoms with Crippen LogP contribution < -0.4 is 5.26 Å². The number of rotatable bonds is 1. The first-order valence-electron chi connectivity index (χ1n) is 1.20. The van der Waals surface area contributed by atoms with E-state index in [0.717, 1.165) is 0 Å². The molecule has 0 spiro atoms. The maximum atomic E-state index is 9.06. The summed E-state index contributed by atoms with van der Waals surface area (Å²) in [6.45, 7) is -1.72. The first kappa shape index (κ1) is 77.8. The monoisotopic (exact) mass is 695 g/mol. The van der Waals surface area contributed by atoms with E-state index in [4.69, 9.17) is 22.4 Å². The topological polar surface area (TPSA) is 170 Å². The molecule has 0 aromatic heterocycles. The molecule has 0 aliphatic carbocycles. The minimum absolute atomic E-state index is 0. The molecule has 0 heterocycles. The molecule has 0 rings (SSSR count). The molecule has 0 amide bonds. The van der Waals surface area contributed by atoms with E-state index in [1.54, 1.807) is 0 Å². The summed E-state index contributed by atoms with van der Waals surface area (Å²) in [6, 6.07) is 0. The average molecular weight is 694 g/mol. The predicted molar refractivity (Wildman–Crippen MR) is 75.2 cm³/mol. The summed E-state index contributed by atoms with van der Waals surface area (Å²) in [6.07, 6.45) is 0. The van der Waals surface area contributed by atoms with Gasteiger partial charge in [0.05, 0.1) is 11.4 Å². The summed E-state index contributed by atoms with van der Waals surface area (Å²) in [5.74, 6) is 0. The fourth-order valence-electron chi connectivity index (χ4n) is 0. The Kier molecular flexibility index (Phi) is 300. The molecule has 12 heteroatoms. The van der Waals surface area contributed by atoms with Gasteiger partial charge in [-0.3, -0.25) is 0 Å². The van der Waals surface area contributed by atoms with Gasteiger partial charge >= 0.3 is 67.5 Å². The molecule has 1 atom stereocenters. The van der Waals surface area contributed by atoms with E-state index in [9.17, 15) is 0 Å². The molecule has 4 N–H and O–H groups in total. The number of hydrogen-bond acceptors (Lipinski definition) is 6. The Morgan fingerprint density at radius 3 is 1.00 bits per heavy atom. The van der Waals surface area contributed by atoms with Crippen molar-refractivity contribution in [2.75, 3.05) is 0 Å². The average Bonchev–Trinajstić information content (AvgIpc) is 1.65. The fraction of sp³-hybridized carbons (Fsp3) is 1.00. The number of hydrogen-bond donors (Lipinski definition) is 0. The normalized spacial score (nSPS) is 5.76. The molecule has 0 saturated heterocycles. The second-order valence-electron chi connectivity index (χ2n) is 0.507. The summed E-state index contributed by atoms with van der Waals surface area (Å²) in [5, 5.41) is 8.52. The fourth-order valence-corrected chi connectivity index (χ4v) is 0. The van der Waals surface area contributed by atoms with Gasteiger partial charge in [0.1, 0.15) is 0 Å². The molecule has 0 aromatic rings. The quantitative estimate of drug-likeness (QED) is 0.130. The summed E-state index contributed by atoms with van der Waals surface area (Å²) < 4.78 is 38.2. The summed E-state index contributed by atoms with van der Waals surface area (Å²) >= 11 is -2.61. The molecule has 116 valence electrons. The molecule has 0 aliphatic rings. The Bertz CT molecular complexity index is 180. The van der Waals surface area contributed by atoms with Crippen LogP contribution in [0.5, 0.6) is 0 Å². The van der Waals surface area contributed by atoms with Crippen molar-refractivity contribution >= 4 is 69.1 Å². The summed E-state index contributed by atoms with van der Waals surface area (Å²) in [4.78, 5) is 0. The molecule has 1 unspecified atom stereocenters. The van der Waals surface area contributed by atoms with Gasteiger partial charge in [-0.25, -0.2) is 4.21 Å². The third-order valence-electron chi connectivity index (χ3n) is 0.0556. The third kappa shape index (κ3) is 329. The molecule has 0 bridgehead atoms.